The molecule has 2 heterocycles. The molecule has 2 N–H and O–H groups in total. The molecule has 0 radical (unpaired) electrons. The number of hydrogen-bond donors (Lipinski definition) is 1. The smallest absolute Gasteiger partial charge is 0.118 e. The molecule has 2 fully saturated rings. The molecule has 5 rings (SSSR count). The van der Waals surface area contributed by atoms with E-state index in [0.717, 1.165) is 84.5 Å². The van der Waals surface area contributed by atoms with Gasteiger partial charge in [-0.3, -0.25) is 9.35 Å². The van der Waals surface area contributed by atoms with Gasteiger partial charge < -0.3 is 0 Å². The minimum Gasteiger partial charge on any atom is -0.266 e. The summed E-state index contributed by atoms with van der Waals surface area (Å²) in [5, 5.41) is 9.18. The number of thiazole rings is 1. The van der Waals surface area contributed by atoms with Gasteiger partial charge >= 0.3 is 0 Å². The molecule has 188 valence electrons. The van der Waals surface area contributed by atoms with Gasteiger partial charge in [-0.15, -0.1) is 11.3 Å². The van der Waals surface area contributed by atoms with Crippen LogP contribution in [-0.2, 0) is 15.7 Å². The average Bonchev–Trinajstić information content (AvgIpc) is 3.35. The molecule has 0 spiro atoms. The maximum atomic E-state index is 15.4. The SMILES string of the molecule is CCc1nc(-c2cccc(C)c2)c(-c2ccnc(S(N)(=O)(C3CCCCC3)C3CCCCC3)c2)s1. The van der Waals surface area contributed by atoms with Gasteiger partial charge in [-0.1, -0.05) is 69.2 Å². The molecule has 2 aromatic heterocycles. The summed E-state index contributed by atoms with van der Waals surface area (Å²) in [7, 11) is -3.66. The third kappa shape index (κ3) is 4.54. The Morgan fingerprint density at radius 3 is 2.20 bits per heavy atom. The molecule has 2 aliphatic carbocycles. The molecule has 1 aromatic carbocycles. The van der Waals surface area contributed by atoms with Crippen molar-refractivity contribution in [3.63, 3.8) is 0 Å². The number of pyridine rings is 1. The second-order valence-electron chi connectivity index (χ2n) is 10.5. The number of rotatable bonds is 6. The zero-order chi connectivity index (χ0) is 24.5. The molecule has 0 unspecified atom stereocenters. The summed E-state index contributed by atoms with van der Waals surface area (Å²) in [5.41, 5.74) is 4.39. The average molecular weight is 510 g/mol. The molecule has 0 saturated heterocycles. The van der Waals surface area contributed by atoms with E-state index in [1.54, 1.807) is 11.3 Å². The van der Waals surface area contributed by atoms with E-state index in [4.69, 9.17) is 15.1 Å². The van der Waals surface area contributed by atoms with E-state index in [9.17, 15) is 0 Å². The molecular formula is C29H39N3OS2. The van der Waals surface area contributed by atoms with Gasteiger partial charge in [0, 0.05) is 22.3 Å². The van der Waals surface area contributed by atoms with E-state index in [1.807, 2.05) is 12.3 Å². The fourth-order valence-corrected chi connectivity index (χ4v) is 11.7. The van der Waals surface area contributed by atoms with E-state index in [-0.39, 0.29) is 10.5 Å². The number of aromatic nitrogens is 2. The zero-order valence-electron chi connectivity index (χ0n) is 21.2. The first-order valence-corrected chi connectivity index (χ1v) is 16.4. The van der Waals surface area contributed by atoms with Crippen LogP contribution in [0.2, 0.25) is 0 Å². The minimum absolute atomic E-state index is 0.0375. The van der Waals surface area contributed by atoms with Crippen LogP contribution in [0.15, 0.2) is 47.6 Å². The maximum Gasteiger partial charge on any atom is 0.118 e. The van der Waals surface area contributed by atoms with Crippen molar-refractivity contribution in [3.8, 4) is 21.7 Å². The molecule has 0 amide bonds. The molecule has 35 heavy (non-hydrogen) atoms. The van der Waals surface area contributed by atoms with E-state index >= 15 is 4.21 Å². The molecule has 0 aliphatic heterocycles. The Bertz CT molecular complexity index is 1230. The van der Waals surface area contributed by atoms with Crippen LogP contribution in [0.1, 0.15) is 81.7 Å². The first-order chi connectivity index (χ1) is 16.9. The molecule has 6 heteroatoms. The quantitative estimate of drug-likeness (QED) is 0.375. The lowest BCUT2D eigenvalue weighted by Gasteiger charge is -2.52. The van der Waals surface area contributed by atoms with Gasteiger partial charge in [0.2, 0.25) is 0 Å². The highest BCUT2D eigenvalue weighted by molar-refractivity contribution is 8.19. The van der Waals surface area contributed by atoms with E-state index in [1.165, 1.54) is 18.4 Å². The number of nitrogens with two attached hydrogens (primary N) is 1. The lowest BCUT2D eigenvalue weighted by molar-refractivity contribution is 0.456. The topological polar surface area (TPSA) is 68.9 Å². The van der Waals surface area contributed by atoms with Crippen LogP contribution in [0.3, 0.4) is 0 Å². The van der Waals surface area contributed by atoms with E-state index in [2.05, 4.69) is 44.2 Å². The number of nitrogens with zero attached hydrogens (tertiary/aromatic N) is 2. The van der Waals surface area contributed by atoms with Crippen LogP contribution in [-0.4, -0.2) is 24.7 Å². The third-order valence-corrected chi connectivity index (χ3v) is 14.3. The number of benzene rings is 1. The Morgan fingerprint density at radius 1 is 0.943 bits per heavy atom. The van der Waals surface area contributed by atoms with Gasteiger partial charge in [-0.25, -0.2) is 9.97 Å². The lowest BCUT2D eigenvalue weighted by atomic mass is 10.00. The maximum absolute atomic E-state index is 15.4. The molecule has 4 nitrogen and oxygen atoms in total. The summed E-state index contributed by atoms with van der Waals surface area (Å²) in [6.07, 6.45) is 13.5. The van der Waals surface area contributed by atoms with Crippen molar-refractivity contribution in [2.75, 3.05) is 0 Å². The van der Waals surface area contributed by atoms with E-state index in [0.29, 0.717) is 5.03 Å². The van der Waals surface area contributed by atoms with Crippen molar-refractivity contribution in [3.05, 3.63) is 53.2 Å². The van der Waals surface area contributed by atoms with Crippen LogP contribution < -0.4 is 5.14 Å². The molecule has 2 saturated carbocycles. The van der Waals surface area contributed by atoms with Gasteiger partial charge in [-0.2, -0.15) is 0 Å². The second kappa shape index (κ2) is 9.87. The van der Waals surface area contributed by atoms with Crippen molar-refractivity contribution >= 4 is 20.6 Å². The van der Waals surface area contributed by atoms with Crippen molar-refractivity contribution < 1.29 is 4.21 Å². The van der Waals surface area contributed by atoms with Gasteiger partial charge in [0.05, 0.1) is 15.6 Å². The highest BCUT2D eigenvalue weighted by Crippen LogP contribution is 2.49. The van der Waals surface area contributed by atoms with Crippen LogP contribution in [0.4, 0.5) is 0 Å². The van der Waals surface area contributed by atoms with Gasteiger partial charge in [-0.05, 0) is 72.0 Å². The third-order valence-electron chi connectivity index (χ3n) is 8.19. The van der Waals surface area contributed by atoms with Crippen LogP contribution in [0, 0.1) is 6.92 Å². The molecule has 0 atom stereocenters. The summed E-state index contributed by atoms with van der Waals surface area (Å²) in [5.74, 6) is 0. The van der Waals surface area contributed by atoms with Crippen molar-refractivity contribution in [1.29, 1.82) is 0 Å². The van der Waals surface area contributed by atoms with Crippen LogP contribution in [0.25, 0.3) is 21.7 Å². The molecule has 0 bridgehead atoms. The minimum atomic E-state index is -3.66. The fourth-order valence-electron chi connectivity index (χ4n) is 6.21. The summed E-state index contributed by atoms with van der Waals surface area (Å²) in [4.78, 5) is 10.9. The van der Waals surface area contributed by atoms with Crippen molar-refractivity contribution in [2.24, 2.45) is 5.14 Å². The first-order valence-electron chi connectivity index (χ1n) is 13.4. The Balaban J connectivity index is 1.65. The normalized spacial score (nSPS) is 19.3. The Hall–Kier alpha value is -1.89. The largest absolute Gasteiger partial charge is 0.266 e. The summed E-state index contributed by atoms with van der Waals surface area (Å²) < 4.78 is 15.4. The van der Waals surface area contributed by atoms with Gasteiger partial charge in [0.15, 0.2) is 0 Å². The highest BCUT2D eigenvalue weighted by Gasteiger charge is 2.50. The van der Waals surface area contributed by atoms with Crippen LogP contribution in [0.5, 0.6) is 0 Å². The van der Waals surface area contributed by atoms with Gasteiger partial charge in [0.25, 0.3) is 0 Å². The summed E-state index contributed by atoms with van der Waals surface area (Å²) in [6, 6.07) is 12.6. The van der Waals surface area contributed by atoms with E-state index < -0.39 is 9.25 Å². The Kier molecular flexibility index (Phi) is 6.99. The Morgan fingerprint density at radius 2 is 1.60 bits per heavy atom. The first kappa shape index (κ1) is 24.8. The number of aryl methyl sites for hydroxylation is 2. The number of hydrogen-bond acceptors (Lipinski definition) is 4. The predicted octanol–water partition coefficient (Wildman–Crippen LogP) is 7.46. The Labute approximate surface area is 214 Å². The van der Waals surface area contributed by atoms with Crippen molar-refractivity contribution in [2.45, 2.75) is 100 Å². The molecule has 3 aromatic rings. The predicted molar refractivity (Wildman–Crippen MR) is 149 cm³/mol. The fraction of sp³-hybridized carbons (Fsp3) is 0.517. The monoisotopic (exact) mass is 509 g/mol. The molecule has 2 aliphatic rings. The lowest BCUT2D eigenvalue weighted by Crippen LogP contribution is -2.61. The standard InChI is InChI=1S/C29H39N3OS2/c1-3-26-32-28(22-12-10-11-21(2)19-22)29(34-26)23-17-18-31-27(20-23)35(30,33,24-13-6-4-7-14-24)25-15-8-5-9-16-25/h10-12,17-20,24-25H,3-9,13-16H2,1-2H3,(H2,30,33). The van der Waals surface area contributed by atoms with Gasteiger partial charge in [0.1, 0.15) is 5.03 Å². The zero-order valence-corrected chi connectivity index (χ0v) is 22.8. The van der Waals surface area contributed by atoms with Crippen molar-refractivity contribution in [1.82, 2.24) is 9.97 Å². The summed E-state index contributed by atoms with van der Waals surface area (Å²) in [6.45, 7) is 4.26. The summed E-state index contributed by atoms with van der Waals surface area (Å²) >= 11 is 1.73. The second-order valence-corrected chi connectivity index (χ2v) is 15.6. The van der Waals surface area contributed by atoms with Crippen LogP contribution >= 0.6 is 11.3 Å². The highest BCUT2D eigenvalue weighted by atomic mass is 32.3. The molecular weight excluding hydrogens is 470 g/mol.